The van der Waals surface area contributed by atoms with Crippen molar-refractivity contribution in [3.63, 3.8) is 0 Å². The van der Waals surface area contributed by atoms with Crippen LogP contribution >= 0.6 is 0 Å². The number of hydrogen-bond acceptors (Lipinski definition) is 4. The number of hydrazine groups is 1. The molecule has 134 valence electrons. The molecule has 0 bridgehead atoms. The largest absolute Gasteiger partial charge is 0.496 e. The van der Waals surface area contributed by atoms with Crippen LogP contribution in [0.2, 0.25) is 0 Å². The second kappa shape index (κ2) is 7.74. The first-order valence-electron chi connectivity index (χ1n) is 8.29. The molecule has 0 radical (unpaired) electrons. The summed E-state index contributed by atoms with van der Waals surface area (Å²) in [4.78, 5) is 24.3. The smallest absolute Gasteiger partial charge is 0.305 e. The van der Waals surface area contributed by atoms with E-state index in [0.29, 0.717) is 12.0 Å². The highest BCUT2D eigenvalue weighted by atomic mass is 16.5. The predicted molar refractivity (Wildman–Crippen MR) is 97.9 cm³/mol. The van der Waals surface area contributed by atoms with Gasteiger partial charge >= 0.3 is 5.91 Å². The summed E-state index contributed by atoms with van der Waals surface area (Å²) in [5, 5.41) is 0.875. The summed E-state index contributed by atoms with van der Waals surface area (Å²) in [6.45, 7) is 1.81. The molecule has 3 aromatic rings. The van der Waals surface area contributed by atoms with Crippen LogP contribution in [0.1, 0.15) is 28.1 Å². The van der Waals surface area contributed by atoms with Gasteiger partial charge in [-0.25, -0.2) is 0 Å². The van der Waals surface area contributed by atoms with Gasteiger partial charge in [-0.3, -0.25) is 20.4 Å². The van der Waals surface area contributed by atoms with Crippen LogP contribution in [0.15, 0.2) is 52.9 Å². The van der Waals surface area contributed by atoms with Crippen LogP contribution < -0.4 is 15.6 Å². The van der Waals surface area contributed by atoms with Crippen LogP contribution in [0.5, 0.6) is 5.75 Å². The molecule has 0 aliphatic heterocycles. The number of aryl methyl sites for hydroxylation is 2. The SMILES string of the molecule is COc1ccccc1CCC(=O)NNC(=O)c1oc2ccccc2c1C. The Bertz CT molecular complexity index is 946. The molecule has 0 atom stereocenters. The summed E-state index contributed by atoms with van der Waals surface area (Å²) in [6, 6.07) is 14.9. The number of benzene rings is 2. The summed E-state index contributed by atoms with van der Waals surface area (Å²) in [5.74, 6) is 0.154. The topological polar surface area (TPSA) is 80.6 Å². The Morgan fingerprint density at radius 3 is 2.54 bits per heavy atom. The molecule has 26 heavy (non-hydrogen) atoms. The van der Waals surface area contributed by atoms with Crippen LogP contribution in [0.3, 0.4) is 0 Å². The maximum Gasteiger partial charge on any atom is 0.305 e. The molecule has 2 N–H and O–H groups in total. The number of amides is 2. The molecule has 1 heterocycles. The highest BCUT2D eigenvalue weighted by molar-refractivity contribution is 5.99. The van der Waals surface area contributed by atoms with Gasteiger partial charge in [-0.15, -0.1) is 0 Å². The molecule has 3 rings (SSSR count). The predicted octanol–water partition coefficient (Wildman–Crippen LogP) is 3.14. The number of furan rings is 1. The zero-order valence-corrected chi connectivity index (χ0v) is 14.7. The standard InChI is InChI=1S/C20H20N2O4/c1-13-15-8-4-6-10-17(15)26-19(13)20(24)22-21-18(23)12-11-14-7-3-5-9-16(14)25-2/h3-10H,11-12H2,1-2H3,(H,21,23)(H,22,24). The van der Waals surface area contributed by atoms with Gasteiger partial charge in [-0.1, -0.05) is 36.4 Å². The van der Waals surface area contributed by atoms with Gasteiger partial charge in [0.1, 0.15) is 11.3 Å². The number of para-hydroxylation sites is 2. The zero-order valence-electron chi connectivity index (χ0n) is 14.7. The minimum absolute atomic E-state index is 0.191. The molecule has 0 aliphatic carbocycles. The second-order valence-corrected chi connectivity index (χ2v) is 5.87. The molecule has 1 aromatic heterocycles. The minimum atomic E-state index is -0.482. The minimum Gasteiger partial charge on any atom is -0.496 e. The number of fused-ring (bicyclic) bond motifs is 1. The molecular formula is C20H20N2O4. The number of rotatable bonds is 5. The van der Waals surface area contributed by atoms with Gasteiger partial charge in [0.2, 0.25) is 5.91 Å². The van der Waals surface area contributed by atoms with E-state index in [1.165, 1.54) is 0 Å². The Hall–Kier alpha value is -3.28. The second-order valence-electron chi connectivity index (χ2n) is 5.87. The van der Waals surface area contributed by atoms with Crippen molar-refractivity contribution in [2.45, 2.75) is 19.8 Å². The Morgan fingerprint density at radius 1 is 1.04 bits per heavy atom. The Balaban J connectivity index is 1.57. The van der Waals surface area contributed by atoms with Gasteiger partial charge in [0.25, 0.3) is 0 Å². The van der Waals surface area contributed by atoms with Crippen molar-refractivity contribution in [2.75, 3.05) is 7.11 Å². The summed E-state index contributed by atoms with van der Waals surface area (Å²) in [6.07, 6.45) is 0.731. The molecule has 0 saturated heterocycles. The van der Waals surface area contributed by atoms with Gasteiger partial charge in [-0.05, 0) is 31.0 Å². The van der Waals surface area contributed by atoms with Crippen molar-refractivity contribution in [3.05, 3.63) is 65.4 Å². The summed E-state index contributed by atoms with van der Waals surface area (Å²) in [5.41, 5.74) is 7.13. The lowest BCUT2D eigenvalue weighted by atomic mass is 10.1. The van der Waals surface area contributed by atoms with Crippen molar-refractivity contribution in [1.29, 1.82) is 0 Å². The Morgan fingerprint density at radius 2 is 1.77 bits per heavy atom. The van der Waals surface area contributed by atoms with E-state index in [4.69, 9.17) is 9.15 Å². The monoisotopic (exact) mass is 352 g/mol. The molecule has 0 aliphatic rings. The van der Waals surface area contributed by atoms with E-state index in [1.807, 2.05) is 49.4 Å². The lowest BCUT2D eigenvalue weighted by Crippen LogP contribution is -2.41. The molecule has 2 amide bonds. The Kier molecular flexibility index (Phi) is 5.22. The zero-order chi connectivity index (χ0) is 18.5. The third-order valence-corrected chi connectivity index (χ3v) is 4.18. The summed E-state index contributed by atoms with van der Waals surface area (Å²) in [7, 11) is 1.59. The van der Waals surface area contributed by atoms with E-state index in [-0.39, 0.29) is 18.1 Å². The molecule has 0 unspecified atom stereocenters. The van der Waals surface area contributed by atoms with Crippen LogP contribution in [-0.4, -0.2) is 18.9 Å². The quantitative estimate of drug-likeness (QED) is 0.691. The lowest BCUT2D eigenvalue weighted by molar-refractivity contribution is -0.121. The van der Waals surface area contributed by atoms with Crippen LogP contribution in [0.4, 0.5) is 0 Å². The van der Waals surface area contributed by atoms with Crippen LogP contribution in [-0.2, 0) is 11.2 Å². The fourth-order valence-corrected chi connectivity index (χ4v) is 2.79. The number of hydrogen-bond donors (Lipinski definition) is 2. The van der Waals surface area contributed by atoms with Gasteiger partial charge in [0.05, 0.1) is 7.11 Å². The first-order chi connectivity index (χ1) is 12.6. The first kappa shape index (κ1) is 17.5. The van der Waals surface area contributed by atoms with Crippen molar-refractivity contribution in [2.24, 2.45) is 0 Å². The van der Waals surface area contributed by atoms with Crippen molar-refractivity contribution in [1.82, 2.24) is 10.9 Å². The van der Waals surface area contributed by atoms with Gasteiger partial charge < -0.3 is 9.15 Å². The normalized spacial score (nSPS) is 10.5. The molecule has 0 spiro atoms. The van der Waals surface area contributed by atoms with E-state index < -0.39 is 5.91 Å². The first-order valence-corrected chi connectivity index (χ1v) is 8.29. The van der Waals surface area contributed by atoms with Crippen molar-refractivity contribution in [3.8, 4) is 5.75 Å². The highest BCUT2D eigenvalue weighted by Crippen LogP contribution is 2.24. The van der Waals surface area contributed by atoms with E-state index >= 15 is 0 Å². The van der Waals surface area contributed by atoms with Crippen LogP contribution in [0, 0.1) is 6.92 Å². The highest BCUT2D eigenvalue weighted by Gasteiger charge is 2.17. The maximum absolute atomic E-state index is 12.3. The lowest BCUT2D eigenvalue weighted by Gasteiger charge is -2.09. The fraction of sp³-hybridized carbons (Fsp3) is 0.200. The van der Waals surface area contributed by atoms with Crippen LogP contribution in [0.25, 0.3) is 11.0 Å². The molecule has 0 saturated carbocycles. The number of carbonyl (C=O) groups excluding carboxylic acids is 2. The molecule has 2 aromatic carbocycles. The van der Waals surface area contributed by atoms with Gasteiger partial charge in [0, 0.05) is 17.4 Å². The van der Waals surface area contributed by atoms with Gasteiger partial charge in [-0.2, -0.15) is 0 Å². The van der Waals surface area contributed by atoms with E-state index in [2.05, 4.69) is 10.9 Å². The number of ether oxygens (including phenoxy) is 1. The fourth-order valence-electron chi connectivity index (χ4n) is 2.79. The van der Waals surface area contributed by atoms with Gasteiger partial charge in [0.15, 0.2) is 5.76 Å². The van der Waals surface area contributed by atoms with Crippen molar-refractivity contribution >= 4 is 22.8 Å². The molecule has 6 heteroatoms. The number of nitrogens with one attached hydrogen (secondary N) is 2. The van der Waals surface area contributed by atoms with E-state index in [1.54, 1.807) is 13.2 Å². The number of carbonyl (C=O) groups is 2. The third-order valence-electron chi connectivity index (χ3n) is 4.18. The van der Waals surface area contributed by atoms with Crippen molar-refractivity contribution < 1.29 is 18.7 Å². The third kappa shape index (κ3) is 3.69. The summed E-state index contributed by atoms with van der Waals surface area (Å²) >= 11 is 0. The summed E-state index contributed by atoms with van der Waals surface area (Å²) < 4.78 is 10.8. The Labute approximate surface area is 151 Å². The van der Waals surface area contributed by atoms with E-state index in [0.717, 1.165) is 22.3 Å². The molecule has 0 fully saturated rings. The molecular weight excluding hydrogens is 332 g/mol. The van der Waals surface area contributed by atoms with E-state index in [9.17, 15) is 9.59 Å². The molecule has 6 nitrogen and oxygen atoms in total. The average Bonchev–Trinajstić information content (AvgIpc) is 3.01. The average molecular weight is 352 g/mol. The number of methoxy groups -OCH3 is 1. The maximum atomic E-state index is 12.3.